The molecule has 3 atom stereocenters. The zero-order valence-electron chi connectivity index (χ0n) is 10.8. The van der Waals surface area contributed by atoms with Crippen LogP contribution in [-0.4, -0.2) is 39.2 Å². The molecule has 0 aromatic carbocycles. The lowest BCUT2D eigenvalue weighted by Gasteiger charge is -2.22. The van der Waals surface area contributed by atoms with E-state index in [2.05, 4.69) is 12.6 Å². The third kappa shape index (κ3) is 7.31. The van der Waals surface area contributed by atoms with Crippen LogP contribution < -0.4 is 0 Å². The Balaban J connectivity index is 4.11. The lowest BCUT2D eigenvalue weighted by atomic mass is 9.97. The average molecular weight is 294 g/mol. The van der Waals surface area contributed by atoms with E-state index >= 15 is 0 Å². The maximum absolute atomic E-state index is 10.7. The SMILES string of the molecule is CCCC(O)C(CC)COC(=S)C(O)CC(=O)S. The molecule has 4 nitrogen and oxygen atoms in total. The average Bonchev–Trinajstić information content (AvgIpc) is 2.28. The number of thiocarbonyl (C=S) groups is 1. The van der Waals surface area contributed by atoms with Crippen LogP contribution in [0.1, 0.15) is 39.5 Å². The molecule has 0 rings (SSSR count). The fraction of sp³-hybridized carbons (Fsp3) is 0.833. The van der Waals surface area contributed by atoms with Crippen molar-refractivity contribution >= 4 is 35.0 Å². The zero-order chi connectivity index (χ0) is 14.1. The molecule has 18 heavy (non-hydrogen) atoms. The van der Waals surface area contributed by atoms with Gasteiger partial charge < -0.3 is 14.9 Å². The van der Waals surface area contributed by atoms with Gasteiger partial charge in [0.05, 0.1) is 19.1 Å². The van der Waals surface area contributed by atoms with Gasteiger partial charge in [-0.3, -0.25) is 4.79 Å². The minimum absolute atomic E-state index is 0.0122. The summed E-state index contributed by atoms with van der Waals surface area (Å²) in [7, 11) is 0. The Kier molecular flexibility index (Phi) is 9.63. The Hall–Kier alpha value is -0.170. The van der Waals surface area contributed by atoms with Gasteiger partial charge in [-0.2, -0.15) is 0 Å². The molecule has 0 aliphatic rings. The molecular weight excluding hydrogens is 272 g/mol. The molecule has 6 heteroatoms. The first kappa shape index (κ1) is 17.8. The summed E-state index contributed by atoms with van der Waals surface area (Å²) >= 11 is 8.44. The van der Waals surface area contributed by atoms with Crippen LogP contribution in [0.2, 0.25) is 0 Å². The molecule has 0 amide bonds. The Morgan fingerprint density at radius 3 is 2.44 bits per heavy atom. The maximum Gasteiger partial charge on any atom is 0.189 e. The molecule has 0 saturated heterocycles. The van der Waals surface area contributed by atoms with E-state index in [1.54, 1.807) is 0 Å². The predicted octanol–water partition coefficient (Wildman–Crippen LogP) is 1.73. The van der Waals surface area contributed by atoms with Crippen LogP contribution in [0, 0.1) is 5.92 Å². The summed E-state index contributed by atoms with van der Waals surface area (Å²) in [6.07, 6.45) is 0.699. The normalized spacial score (nSPS) is 15.8. The number of hydrogen-bond donors (Lipinski definition) is 3. The molecule has 0 aliphatic heterocycles. The van der Waals surface area contributed by atoms with Crippen molar-refractivity contribution in [3.8, 4) is 0 Å². The number of carbonyl (C=O) groups excluding carboxylic acids is 1. The van der Waals surface area contributed by atoms with E-state index < -0.39 is 17.3 Å². The van der Waals surface area contributed by atoms with Crippen molar-refractivity contribution in [1.82, 2.24) is 0 Å². The Labute approximate surface area is 119 Å². The number of rotatable bonds is 9. The van der Waals surface area contributed by atoms with E-state index in [-0.39, 0.29) is 24.0 Å². The fourth-order valence-corrected chi connectivity index (χ4v) is 1.89. The molecule has 0 aromatic rings. The van der Waals surface area contributed by atoms with E-state index in [0.717, 1.165) is 12.8 Å². The van der Waals surface area contributed by atoms with Crippen LogP contribution in [0.3, 0.4) is 0 Å². The highest BCUT2D eigenvalue weighted by Crippen LogP contribution is 2.15. The first-order chi connectivity index (χ1) is 8.42. The van der Waals surface area contributed by atoms with Crippen LogP contribution in [-0.2, 0) is 9.53 Å². The van der Waals surface area contributed by atoms with Gasteiger partial charge in [0.25, 0.3) is 0 Å². The molecule has 0 aliphatic carbocycles. The minimum Gasteiger partial charge on any atom is -0.484 e. The lowest BCUT2D eigenvalue weighted by molar-refractivity contribution is -0.112. The van der Waals surface area contributed by atoms with Crippen molar-refractivity contribution < 1.29 is 19.7 Å². The largest absolute Gasteiger partial charge is 0.484 e. The van der Waals surface area contributed by atoms with E-state index in [0.29, 0.717) is 6.42 Å². The van der Waals surface area contributed by atoms with Crippen molar-refractivity contribution in [2.75, 3.05) is 6.61 Å². The number of hydrogen-bond acceptors (Lipinski definition) is 5. The Bertz CT molecular complexity index is 271. The maximum atomic E-state index is 10.7. The van der Waals surface area contributed by atoms with Crippen molar-refractivity contribution in [1.29, 1.82) is 0 Å². The van der Waals surface area contributed by atoms with Crippen molar-refractivity contribution in [2.45, 2.75) is 51.7 Å². The second kappa shape index (κ2) is 9.72. The van der Waals surface area contributed by atoms with Crippen LogP contribution in [0.4, 0.5) is 0 Å². The molecule has 2 N–H and O–H groups in total. The molecule has 0 radical (unpaired) electrons. The molecule has 0 saturated carbocycles. The number of ether oxygens (including phenoxy) is 1. The van der Waals surface area contributed by atoms with Gasteiger partial charge in [-0.1, -0.05) is 20.3 Å². The molecule has 0 heterocycles. The highest BCUT2D eigenvalue weighted by atomic mass is 32.1. The lowest BCUT2D eigenvalue weighted by Crippen LogP contribution is -2.29. The van der Waals surface area contributed by atoms with Gasteiger partial charge >= 0.3 is 0 Å². The molecule has 0 spiro atoms. The molecular formula is C12H22O4S2. The number of aliphatic hydroxyl groups is 2. The topological polar surface area (TPSA) is 66.8 Å². The third-order valence-corrected chi connectivity index (χ3v) is 3.31. The summed E-state index contributed by atoms with van der Waals surface area (Å²) in [6.45, 7) is 4.22. The van der Waals surface area contributed by atoms with E-state index in [9.17, 15) is 15.0 Å². The highest BCUT2D eigenvalue weighted by Gasteiger charge is 2.20. The number of thiol groups is 1. The monoisotopic (exact) mass is 294 g/mol. The Morgan fingerprint density at radius 2 is 2.00 bits per heavy atom. The van der Waals surface area contributed by atoms with Gasteiger partial charge in [0, 0.05) is 5.92 Å². The standard InChI is InChI=1S/C12H22O4S2/c1-3-5-9(13)8(4-2)7-16-12(18)10(14)6-11(15)17/h8-10,13-14H,3-7H2,1-2H3,(H,15,17). The number of carbonyl (C=O) groups is 1. The van der Waals surface area contributed by atoms with Crippen LogP contribution in [0.5, 0.6) is 0 Å². The minimum atomic E-state index is -1.11. The second-order valence-corrected chi connectivity index (χ2v) is 5.17. The van der Waals surface area contributed by atoms with Gasteiger partial charge in [0.1, 0.15) is 6.10 Å². The van der Waals surface area contributed by atoms with E-state index in [4.69, 9.17) is 17.0 Å². The van der Waals surface area contributed by atoms with E-state index in [1.807, 2.05) is 13.8 Å². The van der Waals surface area contributed by atoms with Gasteiger partial charge in [-0.15, -0.1) is 12.6 Å². The number of aliphatic hydroxyl groups excluding tert-OH is 2. The quantitative estimate of drug-likeness (QED) is 0.446. The Morgan fingerprint density at radius 1 is 1.39 bits per heavy atom. The van der Waals surface area contributed by atoms with Crippen LogP contribution >= 0.6 is 24.8 Å². The molecule has 0 bridgehead atoms. The first-order valence-corrected chi connectivity index (χ1v) is 7.02. The summed E-state index contributed by atoms with van der Waals surface area (Å²) < 4.78 is 5.26. The molecule has 106 valence electrons. The smallest absolute Gasteiger partial charge is 0.189 e. The predicted molar refractivity (Wildman–Crippen MR) is 77.9 cm³/mol. The van der Waals surface area contributed by atoms with Gasteiger partial charge in [-0.25, -0.2) is 0 Å². The fourth-order valence-electron chi connectivity index (χ4n) is 1.57. The van der Waals surface area contributed by atoms with Crippen molar-refractivity contribution in [3.63, 3.8) is 0 Å². The first-order valence-electron chi connectivity index (χ1n) is 6.16. The van der Waals surface area contributed by atoms with Crippen molar-refractivity contribution in [2.24, 2.45) is 5.92 Å². The van der Waals surface area contributed by atoms with Gasteiger partial charge in [-0.05, 0) is 25.1 Å². The molecule has 0 fully saturated rings. The second-order valence-electron chi connectivity index (χ2n) is 4.27. The summed E-state index contributed by atoms with van der Waals surface area (Å²) in [6, 6.07) is 0. The molecule has 3 unspecified atom stereocenters. The highest BCUT2D eigenvalue weighted by molar-refractivity contribution is 7.96. The van der Waals surface area contributed by atoms with Crippen LogP contribution in [0.15, 0.2) is 0 Å². The van der Waals surface area contributed by atoms with Crippen LogP contribution in [0.25, 0.3) is 0 Å². The van der Waals surface area contributed by atoms with Gasteiger partial charge in [0.2, 0.25) is 0 Å². The van der Waals surface area contributed by atoms with Crippen molar-refractivity contribution in [3.05, 3.63) is 0 Å². The molecule has 0 aromatic heterocycles. The van der Waals surface area contributed by atoms with E-state index in [1.165, 1.54) is 0 Å². The summed E-state index contributed by atoms with van der Waals surface area (Å²) in [5.74, 6) is -0.0122. The zero-order valence-corrected chi connectivity index (χ0v) is 12.5. The summed E-state index contributed by atoms with van der Waals surface area (Å²) in [5, 5.41) is 18.9. The summed E-state index contributed by atoms with van der Waals surface area (Å²) in [5.41, 5.74) is 0. The third-order valence-electron chi connectivity index (χ3n) is 2.73. The summed E-state index contributed by atoms with van der Waals surface area (Å²) in [4.78, 5) is 10.7. The van der Waals surface area contributed by atoms with Gasteiger partial charge in [0.15, 0.2) is 10.2 Å².